The fourth-order valence-corrected chi connectivity index (χ4v) is 1.79. The summed E-state index contributed by atoms with van der Waals surface area (Å²) in [5, 5.41) is 0. The number of alkyl halides is 3. The second-order valence-corrected chi connectivity index (χ2v) is 4.86. The quantitative estimate of drug-likeness (QED) is 0.624. The summed E-state index contributed by atoms with van der Waals surface area (Å²) in [5.74, 6) is -0.653. The molecule has 5 nitrogen and oxygen atoms in total. The van der Waals surface area contributed by atoms with Gasteiger partial charge in [0, 0.05) is 6.20 Å². The van der Waals surface area contributed by atoms with Crippen LogP contribution in [-0.4, -0.2) is 18.9 Å². The number of aromatic nitrogens is 1. The monoisotopic (exact) mass is 281 g/mol. The van der Waals surface area contributed by atoms with Gasteiger partial charge in [0.25, 0.3) is 0 Å². The maximum absolute atomic E-state index is 12.2. The molecule has 2 heterocycles. The van der Waals surface area contributed by atoms with E-state index in [1.54, 1.807) is 0 Å². The van der Waals surface area contributed by atoms with Gasteiger partial charge in [0.05, 0.1) is 0 Å². The molecule has 18 heavy (non-hydrogen) atoms. The van der Waals surface area contributed by atoms with Gasteiger partial charge in [0.2, 0.25) is 5.75 Å². The van der Waals surface area contributed by atoms with Gasteiger partial charge in [-0.15, -0.1) is 0 Å². The van der Waals surface area contributed by atoms with Crippen molar-refractivity contribution in [1.29, 1.82) is 0 Å². The van der Waals surface area contributed by atoms with Crippen molar-refractivity contribution < 1.29 is 30.2 Å². The Morgan fingerprint density at radius 3 is 2.67 bits per heavy atom. The van der Waals surface area contributed by atoms with E-state index in [0.29, 0.717) is 0 Å². The van der Waals surface area contributed by atoms with Crippen LogP contribution in [-0.2, 0) is 10.1 Å². The Hall–Kier alpha value is -1.77. The smallest absolute Gasteiger partial charge is 0.456 e. The lowest BCUT2D eigenvalue weighted by Crippen LogP contribution is -2.28. The summed E-state index contributed by atoms with van der Waals surface area (Å²) < 4.78 is 67.5. The lowest BCUT2D eigenvalue weighted by atomic mass is 10.3. The van der Waals surface area contributed by atoms with E-state index in [2.05, 4.69) is 9.17 Å². The van der Waals surface area contributed by atoms with Crippen LogP contribution in [0.5, 0.6) is 5.75 Å². The minimum Gasteiger partial charge on any atom is -0.456 e. The number of pyridine rings is 1. The van der Waals surface area contributed by atoms with Crippen LogP contribution in [0.1, 0.15) is 5.76 Å². The molecule has 0 saturated heterocycles. The normalized spacial score (nSPS) is 12.9. The number of hydrogen-bond acceptors (Lipinski definition) is 5. The molecule has 0 aromatic carbocycles. The standard InChI is InChI=1S/C9H6F3NO4S/c1-5-8(17-18(14,15)9(10,11)12)7-6(16-5)3-2-4-13-7/h2-4H,1H3. The molecule has 2 aromatic rings. The van der Waals surface area contributed by atoms with Gasteiger partial charge < -0.3 is 8.60 Å². The summed E-state index contributed by atoms with van der Waals surface area (Å²) in [7, 11) is -5.73. The Morgan fingerprint density at radius 1 is 1.39 bits per heavy atom. The fraction of sp³-hybridized carbons (Fsp3) is 0.222. The van der Waals surface area contributed by atoms with Gasteiger partial charge in [-0.05, 0) is 19.1 Å². The van der Waals surface area contributed by atoms with Crippen LogP contribution < -0.4 is 4.18 Å². The SMILES string of the molecule is Cc1oc2cccnc2c1OS(=O)(=O)C(F)(F)F. The highest BCUT2D eigenvalue weighted by molar-refractivity contribution is 7.88. The summed E-state index contributed by atoms with van der Waals surface area (Å²) >= 11 is 0. The van der Waals surface area contributed by atoms with E-state index in [1.807, 2.05) is 0 Å². The van der Waals surface area contributed by atoms with E-state index in [-0.39, 0.29) is 16.9 Å². The highest BCUT2D eigenvalue weighted by Gasteiger charge is 2.49. The predicted molar refractivity (Wildman–Crippen MR) is 54.3 cm³/mol. The number of fused-ring (bicyclic) bond motifs is 1. The third-order valence-corrected chi connectivity index (χ3v) is 3.00. The zero-order valence-corrected chi connectivity index (χ0v) is 9.67. The van der Waals surface area contributed by atoms with E-state index in [9.17, 15) is 21.6 Å². The highest BCUT2D eigenvalue weighted by Crippen LogP contribution is 2.34. The van der Waals surface area contributed by atoms with Crippen LogP contribution in [0.15, 0.2) is 22.7 Å². The van der Waals surface area contributed by atoms with E-state index in [0.717, 1.165) is 0 Å². The molecule has 0 saturated carbocycles. The molecule has 0 fully saturated rings. The first-order chi connectivity index (χ1) is 8.22. The van der Waals surface area contributed by atoms with Crippen LogP contribution >= 0.6 is 0 Å². The Labute approximate surface area is 99.3 Å². The number of aryl methyl sites for hydroxylation is 1. The first kappa shape index (κ1) is 12.7. The van der Waals surface area contributed by atoms with Crippen molar-refractivity contribution in [2.75, 3.05) is 0 Å². The lowest BCUT2D eigenvalue weighted by Gasteiger charge is -2.08. The highest BCUT2D eigenvalue weighted by atomic mass is 32.2. The largest absolute Gasteiger partial charge is 0.534 e. The molecule has 0 aliphatic heterocycles. The van der Waals surface area contributed by atoms with Crippen molar-refractivity contribution in [3.05, 3.63) is 24.1 Å². The molecule has 0 N–H and O–H groups in total. The average molecular weight is 281 g/mol. The van der Waals surface area contributed by atoms with E-state index in [4.69, 9.17) is 4.42 Å². The van der Waals surface area contributed by atoms with Gasteiger partial charge in [-0.3, -0.25) is 0 Å². The molecule has 0 amide bonds. The molecule has 0 atom stereocenters. The van der Waals surface area contributed by atoms with Crippen LogP contribution in [0.2, 0.25) is 0 Å². The molecule has 2 rings (SSSR count). The Kier molecular flexibility index (Phi) is 2.73. The lowest BCUT2D eigenvalue weighted by molar-refractivity contribution is -0.0499. The molecular formula is C9H6F3NO4S. The van der Waals surface area contributed by atoms with Crippen molar-refractivity contribution >= 4 is 21.2 Å². The van der Waals surface area contributed by atoms with Crippen LogP contribution in [0.4, 0.5) is 13.2 Å². The van der Waals surface area contributed by atoms with Crippen LogP contribution in [0, 0.1) is 6.92 Å². The van der Waals surface area contributed by atoms with Gasteiger partial charge >= 0.3 is 15.6 Å². The number of furan rings is 1. The average Bonchev–Trinajstić information content (AvgIpc) is 2.54. The van der Waals surface area contributed by atoms with Crippen molar-refractivity contribution in [3.63, 3.8) is 0 Å². The topological polar surface area (TPSA) is 69.4 Å². The van der Waals surface area contributed by atoms with Crippen molar-refractivity contribution in [2.24, 2.45) is 0 Å². The summed E-state index contributed by atoms with van der Waals surface area (Å²) in [6.07, 6.45) is 1.28. The zero-order valence-electron chi connectivity index (χ0n) is 8.85. The molecule has 0 spiro atoms. The summed E-state index contributed by atoms with van der Waals surface area (Å²) in [6.45, 7) is 1.28. The summed E-state index contributed by atoms with van der Waals surface area (Å²) in [6, 6.07) is 2.93. The molecular weight excluding hydrogens is 275 g/mol. The molecule has 0 unspecified atom stereocenters. The second-order valence-electron chi connectivity index (χ2n) is 3.32. The minimum absolute atomic E-state index is 0.0807. The third kappa shape index (κ3) is 2.01. The minimum atomic E-state index is -5.73. The summed E-state index contributed by atoms with van der Waals surface area (Å²) in [5.41, 5.74) is -5.44. The van der Waals surface area contributed by atoms with Gasteiger partial charge in [-0.25, -0.2) is 4.98 Å². The Bertz CT molecular complexity index is 689. The first-order valence-electron chi connectivity index (χ1n) is 4.57. The van der Waals surface area contributed by atoms with E-state index < -0.39 is 21.4 Å². The number of halogens is 3. The molecule has 9 heteroatoms. The van der Waals surface area contributed by atoms with Gasteiger partial charge in [0.15, 0.2) is 11.1 Å². The number of nitrogens with zero attached hydrogens (tertiary/aromatic N) is 1. The molecule has 0 aliphatic rings. The second kappa shape index (κ2) is 3.87. The molecule has 2 aromatic heterocycles. The molecule has 0 bridgehead atoms. The van der Waals surface area contributed by atoms with Crippen LogP contribution in [0.3, 0.4) is 0 Å². The van der Waals surface area contributed by atoms with Gasteiger partial charge in [-0.1, -0.05) is 0 Å². The first-order valence-corrected chi connectivity index (χ1v) is 5.98. The maximum Gasteiger partial charge on any atom is 0.534 e. The van der Waals surface area contributed by atoms with Crippen molar-refractivity contribution in [2.45, 2.75) is 12.4 Å². The molecule has 0 aliphatic carbocycles. The van der Waals surface area contributed by atoms with E-state index in [1.165, 1.54) is 25.3 Å². The Balaban J connectivity index is 2.54. The van der Waals surface area contributed by atoms with Gasteiger partial charge in [0.1, 0.15) is 5.76 Å². The van der Waals surface area contributed by atoms with Crippen molar-refractivity contribution in [1.82, 2.24) is 4.98 Å². The van der Waals surface area contributed by atoms with Gasteiger partial charge in [-0.2, -0.15) is 21.6 Å². The van der Waals surface area contributed by atoms with Crippen molar-refractivity contribution in [3.8, 4) is 5.75 Å². The Morgan fingerprint density at radius 2 is 2.06 bits per heavy atom. The number of rotatable bonds is 2. The van der Waals surface area contributed by atoms with Crippen LogP contribution in [0.25, 0.3) is 11.1 Å². The zero-order chi connectivity index (χ0) is 13.6. The van der Waals surface area contributed by atoms with E-state index >= 15 is 0 Å². The molecule has 98 valence electrons. The summed E-state index contributed by atoms with van der Waals surface area (Å²) in [4.78, 5) is 3.72. The maximum atomic E-state index is 12.2. The third-order valence-electron chi connectivity index (χ3n) is 2.05. The predicted octanol–water partition coefficient (Wildman–Crippen LogP) is 2.36. The molecule has 0 radical (unpaired) electrons. The number of hydrogen-bond donors (Lipinski definition) is 0. The fourth-order valence-electron chi connectivity index (χ4n) is 1.28.